The largest absolute Gasteiger partial charge is 0.481 e. The van der Waals surface area contributed by atoms with Crippen LogP contribution in [0.4, 0.5) is 0 Å². The van der Waals surface area contributed by atoms with Crippen LogP contribution in [-0.2, 0) is 17.8 Å². The number of tetrazole rings is 1. The smallest absolute Gasteiger partial charge is 0.303 e. The number of hydrogen-bond acceptors (Lipinski definition) is 6. The van der Waals surface area contributed by atoms with Gasteiger partial charge in [-0.15, -0.1) is 10.2 Å². The van der Waals surface area contributed by atoms with Crippen molar-refractivity contribution in [1.29, 1.82) is 0 Å². The van der Waals surface area contributed by atoms with Crippen molar-refractivity contribution < 1.29 is 9.90 Å². The molecule has 0 saturated heterocycles. The molecule has 32 heavy (non-hydrogen) atoms. The number of H-pyrrole nitrogens is 1. The van der Waals surface area contributed by atoms with Crippen molar-refractivity contribution in [1.82, 2.24) is 35.4 Å². The van der Waals surface area contributed by atoms with Crippen LogP contribution in [0.2, 0.25) is 0 Å². The zero-order valence-electron chi connectivity index (χ0n) is 18.1. The Labute approximate surface area is 185 Å². The zero-order chi connectivity index (χ0) is 22.5. The minimum absolute atomic E-state index is 0.0262. The van der Waals surface area contributed by atoms with Crippen LogP contribution >= 0.6 is 0 Å². The maximum absolute atomic E-state index is 10.9. The van der Waals surface area contributed by atoms with E-state index in [2.05, 4.69) is 68.8 Å². The number of carboxylic acids is 1. The highest BCUT2D eigenvalue weighted by Crippen LogP contribution is 2.30. The number of benzene rings is 2. The number of carbonyl (C=O) groups is 1. The van der Waals surface area contributed by atoms with Gasteiger partial charge in [-0.05, 0) is 28.3 Å². The van der Waals surface area contributed by atoms with Crippen LogP contribution in [0.3, 0.4) is 0 Å². The molecular weight excluding hydrogens is 406 g/mol. The third-order valence-electron chi connectivity index (χ3n) is 5.47. The molecule has 0 amide bonds. The molecule has 2 aromatic heterocycles. The van der Waals surface area contributed by atoms with E-state index in [1.165, 1.54) is 0 Å². The van der Waals surface area contributed by atoms with Gasteiger partial charge in [-0.25, -0.2) is 9.67 Å². The fraction of sp³-hybridized carbons (Fsp3) is 0.304. The van der Waals surface area contributed by atoms with Gasteiger partial charge in [-0.3, -0.25) is 4.79 Å². The Balaban J connectivity index is 1.58. The van der Waals surface area contributed by atoms with Crippen LogP contribution in [0.25, 0.3) is 22.5 Å². The third-order valence-corrected chi connectivity index (χ3v) is 5.47. The highest BCUT2D eigenvalue weighted by Gasteiger charge is 2.16. The van der Waals surface area contributed by atoms with E-state index in [9.17, 15) is 4.79 Å². The summed E-state index contributed by atoms with van der Waals surface area (Å²) in [6.45, 7) is 4.79. The van der Waals surface area contributed by atoms with Crippen LogP contribution in [0.1, 0.15) is 49.8 Å². The normalized spacial score (nSPS) is 12.1. The first kappa shape index (κ1) is 21.4. The van der Waals surface area contributed by atoms with Gasteiger partial charge in [0.15, 0.2) is 5.82 Å². The van der Waals surface area contributed by atoms with E-state index >= 15 is 0 Å². The molecule has 4 aromatic rings. The standard InChI is InChI=1S/C23H25N7O2/c1-3-15(2)23-24-20(12-13-21(31)32)27-30(23)14-16-8-10-17(11-9-16)18-6-4-5-7-19(18)22-25-28-29-26-22/h4-11,15H,3,12-14H2,1-2H3,(H,31,32)(H,25,26,28,29). The number of nitrogens with zero attached hydrogens (tertiary/aromatic N) is 6. The Bertz CT molecular complexity index is 1180. The quantitative estimate of drug-likeness (QED) is 0.414. The minimum atomic E-state index is -0.844. The van der Waals surface area contributed by atoms with E-state index in [0.717, 1.165) is 34.5 Å². The number of aliphatic carboxylic acids is 1. The van der Waals surface area contributed by atoms with Crippen molar-refractivity contribution in [3.8, 4) is 22.5 Å². The van der Waals surface area contributed by atoms with Gasteiger partial charge in [0, 0.05) is 17.9 Å². The molecule has 2 aromatic carbocycles. The molecular formula is C23H25N7O2. The molecule has 0 fully saturated rings. The molecule has 1 atom stereocenters. The summed E-state index contributed by atoms with van der Waals surface area (Å²) in [5.41, 5.74) is 4.08. The predicted molar refractivity (Wildman–Crippen MR) is 119 cm³/mol. The summed E-state index contributed by atoms with van der Waals surface area (Å²) in [5, 5.41) is 27.9. The highest BCUT2D eigenvalue weighted by atomic mass is 16.4. The molecule has 4 rings (SSSR count). The van der Waals surface area contributed by atoms with Crippen LogP contribution in [0.15, 0.2) is 48.5 Å². The van der Waals surface area contributed by atoms with Gasteiger partial charge in [0.1, 0.15) is 5.82 Å². The summed E-state index contributed by atoms with van der Waals surface area (Å²) in [6, 6.07) is 16.2. The molecule has 0 aliphatic rings. The van der Waals surface area contributed by atoms with Gasteiger partial charge in [0.05, 0.1) is 13.0 Å². The Hall–Kier alpha value is -3.88. The van der Waals surface area contributed by atoms with E-state index in [0.29, 0.717) is 24.6 Å². The van der Waals surface area contributed by atoms with Crippen LogP contribution in [0, 0.1) is 0 Å². The van der Waals surface area contributed by atoms with E-state index in [1.54, 1.807) is 0 Å². The van der Waals surface area contributed by atoms with Crippen molar-refractivity contribution in [2.24, 2.45) is 0 Å². The number of nitrogens with one attached hydrogen (secondary N) is 1. The molecule has 0 saturated carbocycles. The van der Waals surface area contributed by atoms with Crippen molar-refractivity contribution in [2.75, 3.05) is 0 Å². The average Bonchev–Trinajstić information content (AvgIpc) is 3.48. The van der Waals surface area contributed by atoms with Crippen molar-refractivity contribution in [2.45, 2.75) is 45.6 Å². The summed E-state index contributed by atoms with van der Waals surface area (Å²) in [5.74, 6) is 1.41. The lowest BCUT2D eigenvalue weighted by molar-refractivity contribution is -0.137. The average molecular weight is 432 g/mol. The van der Waals surface area contributed by atoms with Gasteiger partial charge < -0.3 is 5.11 Å². The SMILES string of the molecule is CCC(C)c1nc(CCC(=O)O)nn1Cc1ccc(-c2ccccc2-c2nn[nH]n2)cc1. The molecule has 9 heteroatoms. The number of rotatable bonds is 9. The van der Waals surface area contributed by atoms with Gasteiger partial charge in [0.25, 0.3) is 0 Å². The third kappa shape index (κ3) is 4.72. The number of hydrogen-bond donors (Lipinski definition) is 2. The molecule has 2 heterocycles. The first-order valence-corrected chi connectivity index (χ1v) is 10.6. The first-order chi connectivity index (χ1) is 15.5. The molecule has 0 spiro atoms. The van der Waals surface area contributed by atoms with Gasteiger partial charge in [0.2, 0.25) is 5.82 Å². The highest BCUT2D eigenvalue weighted by molar-refractivity contribution is 5.80. The number of aryl methyl sites for hydroxylation is 1. The van der Waals surface area contributed by atoms with Crippen LogP contribution in [0.5, 0.6) is 0 Å². The molecule has 0 aliphatic heterocycles. The Morgan fingerprint density at radius 1 is 1.12 bits per heavy atom. The summed E-state index contributed by atoms with van der Waals surface area (Å²) in [4.78, 5) is 15.5. The lowest BCUT2D eigenvalue weighted by Crippen LogP contribution is -2.09. The monoisotopic (exact) mass is 431 g/mol. The Kier molecular flexibility index (Phi) is 6.34. The number of carboxylic acid groups (broad SMARTS) is 1. The van der Waals surface area contributed by atoms with Crippen molar-refractivity contribution in [3.05, 3.63) is 65.7 Å². The maximum Gasteiger partial charge on any atom is 0.303 e. The Morgan fingerprint density at radius 3 is 2.53 bits per heavy atom. The van der Waals surface area contributed by atoms with E-state index in [4.69, 9.17) is 5.11 Å². The molecule has 0 bridgehead atoms. The second-order valence-electron chi connectivity index (χ2n) is 7.72. The zero-order valence-corrected chi connectivity index (χ0v) is 18.1. The lowest BCUT2D eigenvalue weighted by atomic mass is 9.98. The van der Waals surface area contributed by atoms with Gasteiger partial charge in [-0.2, -0.15) is 10.3 Å². The molecule has 2 N–H and O–H groups in total. The van der Waals surface area contributed by atoms with E-state index in [1.807, 2.05) is 28.9 Å². The topological polar surface area (TPSA) is 122 Å². The molecule has 1 unspecified atom stereocenters. The van der Waals surface area contributed by atoms with Gasteiger partial charge in [-0.1, -0.05) is 62.4 Å². The summed E-state index contributed by atoms with van der Waals surface area (Å²) < 4.78 is 1.90. The van der Waals surface area contributed by atoms with Crippen LogP contribution in [-0.4, -0.2) is 46.5 Å². The second kappa shape index (κ2) is 9.51. The Morgan fingerprint density at radius 2 is 1.88 bits per heavy atom. The number of aromatic nitrogens is 7. The fourth-order valence-corrected chi connectivity index (χ4v) is 3.56. The minimum Gasteiger partial charge on any atom is -0.481 e. The molecule has 0 aliphatic carbocycles. The molecule has 9 nitrogen and oxygen atoms in total. The molecule has 164 valence electrons. The van der Waals surface area contributed by atoms with E-state index in [-0.39, 0.29) is 12.3 Å². The predicted octanol–water partition coefficient (Wildman–Crippen LogP) is 3.70. The summed E-state index contributed by atoms with van der Waals surface area (Å²) >= 11 is 0. The lowest BCUT2D eigenvalue weighted by Gasteiger charge is -2.11. The molecule has 0 radical (unpaired) electrons. The van der Waals surface area contributed by atoms with Crippen molar-refractivity contribution in [3.63, 3.8) is 0 Å². The summed E-state index contributed by atoms with van der Waals surface area (Å²) in [6.07, 6.45) is 1.29. The summed E-state index contributed by atoms with van der Waals surface area (Å²) in [7, 11) is 0. The van der Waals surface area contributed by atoms with Crippen LogP contribution < -0.4 is 0 Å². The number of aromatic amines is 1. The maximum atomic E-state index is 10.9. The van der Waals surface area contributed by atoms with Crippen molar-refractivity contribution >= 4 is 5.97 Å². The second-order valence-corrected chi connectivity index (χ2v) is 7.72. The van der Waals surface area contributed by atoms with E-state index < -0.39 is 5.97 Å². The first-order valence-electron chi connectivity index (χ1n) is 10.6. The van der Waals surface area contributed by atoms with Gasteiger partial charge >= 0.3 is 5.97 Å². The fourth-order valence-electron chi connectivity index (χ4n) is 3.56.